The van der Waals surface area contributed by atoms with E-state index in [2.05, 4.69) is 39.9 Å². The third-order valence-corrected chi connectivity index (χ3v) is 5.82. The van der Waals surface area contributed by atoms with Gasteiger partial charge in [-0.05, 0) is 37.1 Å². The molecule has 0 N–H and O–H groups in total. The molecule has 3 fully saturated rings. The van der Waals surface area contributed by atoms with Crippen LogP contribution in [0.5, 0.6) is 5.75 Å². The fraction of sp³-hybridized carbons (Fsp3) is 0.556. The lowest BCUT2D eigenvalue weighted by atomic mass is 9.73. The highest BCUT2D eigenvalue weighted by Crippen LogP contribution is 2.46. The second-order valence-corrected chi connectivity index (χ2v) is 7.32. The van der Waals surface area contributed by atoms with E-state index >= 15 is 0 Å². The van der Waals surface area contributed by atoms with Crippen molar-refractivity contribution < 1.29 is 9.47 Å². The summed E-state index contributed by atoms with van der Waals surface area (Å²) in [5, 5.41) is 1.28. The third kappa shape index (κ3) is 1.77. The summed E-state index contributed by atoms with van der Waals surface area (Å²) in [6.45, 7) is 4.50. The highest BCUT2D eigenvalue weighted by atomic mass is 16.5. The minimum Gasteiger partial charge on any atom is -0.497 e. The molecule has 5 rings (SSSR count). The molecule has 0 bridgehead atoms. The average Bonchev–Trinajstić information content (AvgIpc) is 2.80. The van der Waals surface area contributed by atoms with E-state index in [-0.39, 0.29) is 0 Å². The van der Waals surface area contributed by atoms with Gasteiger partial charge in [-0.3, -0.25) is 4.90 Å². The summed E-state index contributed by atoms with van der Waals surface area (Å²) >= 11 is 0. The lowest BCUT2D eigenvalue weighted by Gasteiger charge is -2.60. The van der Waals surface area contributed by atoms with Crippen molar-refractivity contribution in [3.63, 3.8) is 0 Å². The fourth-order valence-corrected chi connectivity index (χ4v) is 4.32. The Bertz CT molecular complexity index is 705. The van der Waals surface area contributed by atoms with Gasteiger partial charge in [0.15, 0.2) is 0 Å². The zero-order valence-electron chi connectivity index (χ0n) is 13.0. The molecule has 1 aliphatic carbocycles. The summed E-state index contributed by atoms with van der Waals surface area (Å²) in [6, 6.07) is 10.0. The largest absolute Gasteiger partial charge is 0.497 e. The van der Waals surface area contributed by atoms with Gasteiger partial charge in [-0.25, -0.2) is 0 Å². The van der Waals surface area contributed by atoms with Gasteiger partial charge in [0, 0.05) is 47.7 Å². The van der Waals surface area contributed by atoms with Gasteiger partial charge in [0.05, 0.1) is 20.3 Å². The topological polar surface area (TPSA) is 26.6 Å². The van der Waals surface area contributed by atoms with Crippen LogP contribution in [0.1, 0.15) is 18.9 Å². The number of hydrogen-bond acceptors (Lipinski definition) is 3. The quantitative estimate of drug-likeness (QED) is 0.871. The monoisotopic (exact) mass is 298 g/mol. The van der Waals surface area contributed by atoms with Crippen molar-refractivity contribution in [2.24, 2.45) is 5.41 Å². The Balaban J connectivity index is 1.27. The highest BCUT2D eigenvalue weighted by molar-refractivity contribution is 5.81. The first-order chi connectivity index (χ1) is 10.8. The van der Waals surface area contributed by atoms with E-state index in [9.17, 15) is 0 Å². The second kappa shape index (κ2) is 4.49. The van der Waals surface area contributed by atoms with Gasteiger partial charge < -0.3 is 14.0 Å². The van der Waals surface area contributed by atoms with Crippen LogP contribution in [-0.2, 0) is 4.74 Å². The van der Waals surface area contributed by atoms with Crippen molar-refractivity contribution in [1.82, 2.24) is 9.47 Å². The number of benzene rings is 1. The summed E-state index contributed by atoms with van der Waals surface area (Å²) in [4.78, 5) is 2.66. The van der Waals surface area contributed by atoms with E-state index in [4.69, 9.17) is 9.47 Å². The van der Waals surface area contributed by atoms with Crippen molar-refractivity contribution in [3.8, 4) is 5.75 Å². The van der Waals surface area contributed by atoms with Crippen LogP contribution in [0.2, 0.25) is 0 Å². The minimum atomic E-state index is 0.543. The van der Waals surface area contributed by atoms with Gasteiger partial charge in [0.2, 0.25) is 0 Å². The Labute approximate surface area is 130 Å². The molecule has 4 heteroatoms. The molecule has 22 heavy (non-hydrogen) atoms. The normalized spacial score (nSPS) is 29.9. The molecule has 1 saturated carbocycles. The Morgan fingerprint density at radius 1 is 1.14 bits per heavy atom. The van der Waals surface area contributed by atoms with Gasteiger partial charge in [-0.15, -0.1) is 0 Å². The molecule has 0 atom stereocenters. The van der Waals surface area contributed by atoms with Crippen molar-refractivity contribution in [1.29, 1.82) is 0 Å². The van der Waals surface area contributed by atoms with E-state index in [1.165, 1.54) is 36.8 Å². The Kier molecular flexibility index (Phi) is 2.65. The van der Waals surface area contributed by atoms with Crippen molar-refractivity contribution in [2.75, 3.05) is 33.4 Å². The first kappa shape index (κ1) is 13.0. The van der Waals surface area contributed by atoms with Gasteiger partial charge in [-0.1, -0.05) is 0 Å². The predicted molar refractivity (Wildman–Crippen MR) is 85.4 cm³/mol. The van der Waals surface area contributed by atoms with Crippen molar-refractivity contribution >= 4 is 10.9 Å². The number of hydrogen-bond donors (Lipinski definition) is 0. The summed E-state index contributed by atoms with van der Waals surface area (Å²) in [7, 11) is 1.72. The zero-order chi connectivity index (χ0) is 14.7. The number of ether oxygens (including phenoxy) is 2. The fourth-order valence-electron chi connectivity index (χ4n) is 4.32. The molecule has 2 saturated heterocycles. The standard InChI is InChI=1S/C18H22N2O2/c1-21-16-2-3-17-13(6-16)4-5-20(17)15-7-14(8-15)19-9-18(10-19)11-22-12-18/h2-6,14-15H,7-12H2,1H3. The maximum atomic E-state index is 5.37. The van der Waals surface area contributed by atoms with Crippen LogP contribution < -0.4 is 4.74 Å². The maximum absolute atomic E-state index is 5.37. The van der Waals surface area contributed by atoms with Crippen LogP contribution >= 0.6 is 0 Å². The molecule has 1 spiro atoms. The van der Waals surface area contributed by atoms with Crippen LogP contribution in [0.4, 0.5) is 0 Å². The van der Waals surface area contributed by atoms with Gasteiger partial charge >= 0.3 is 0 Å². The molecule has 2 aliphatic heterocycles. The molecule has 1 aromatic heterocycles. The molecule has 0 radical (unpaired) electrons. The van der Waals surface area contributed by atoms with E-state index in [0.29, 0.717) is 11.5 Å². The predicted octanol–water partition coefficient (Wildman–Crippen LogP) is 2.69. The molecule has 0 unspecified atom stereocenters. The lowest BCUT2D eigenvalue weighted by molar-refractivity contribution is -0.206. The molecule has 116 valence electrons. The molecule has 3 aliphatic rings. The second-order valence-electron chi connectivity index (χ2n) is 7.32. The number of likely N-dealkylation sites (tertiary alicyclic amines) is 1. The maximum Gasteiger partial charge on any atom is 0.119 e. The summed E-state index contributed by atoms with van der Waals surface area (Å²) < 4.78 is 13.1. The van der Waals surface area contributed by atoms with E-state index < -0.39 is 0 Å². The third-order valence-electron chi connectivity index (χ3n) is 5.82. The van der Waals surface area contributed by atoms with Gasteiger partial charge in [0.1, 0.15) is 5.75 Å². The smallest absolute Gasteiger partial charge is 0.119 e. The Morgan fingerprint density at radius 2 is 1.95 bits per heavy atom. The average molecular weight is 298 g/mol. The zero-order valence-corrected chi connectivity index (χ0v) is 13.0. The summed E-state index contributed by atoms with van der Waals surface area (Å²) in [6.07, 6.45) is 4.81. The van der Waals surface area contributed by atoms with E-state index in [0.717, 1.165) is 25.0 Å². The Hall–Kier alpha value is -1.52. The molecule has 3 heterocycles. The van der Waals surface area contributed by atoms with Crippen LogP contribution in [0, 0.1) is 5.41 Å². The van der Waals surface area contributed by atoms with Crippen LogP contribution in [0.15, 0.2) is 30.5 Å². The van der Waals surface area contributed by atoms with Gasteiger partial charge in [0.25, 0.3) is 0 Å². The summed E-state index contributed by atoms with van der Waals surface area (Å²) in [5.74, 6) is 0.935. The molecule has 4 nitrogen and oxygen atoms in total. The van der Waals surface area contributed by atoms with Gasteiger partial charge in [-0.2, -0.15) is 0 Å². The first-order valence-corrected chi connectivity index (χ1v) is 8.23. The molecule has 1 aromatic carbocycles. The number of methoxy groups -OCH3 is 1. The summed E-state index contributed by atoms with van der Waals surface area (Å²) in [5.41, 5.74) is 1.87. The lowest BCUT2D eigenvalue weighted by Crippen LogP contribution is -2.69. The van der Waals surface area contributed by atoms with Crippen molar-refractivity contribution in [2.45, 2.75) is 24.9 Å². The molecular weight excluding hydrogens is 276 g/mol. The van der Waals surface area contributed by atoms with E-state index in [1.807, 2.05) is 0 Å². The molecule has 2 aromatic rings. The van der Waals surface area contributed by atoms with Crippen molar-refractivity contribution in [3.05, 3.63) is 30.5 Å². The Morgan fingerprint density at radius 3 is 2.64 bits per heavy atom. The van der Waals surface area contributed by atoms with Crippen LogP contribution in [0.25, 0.3) is 10.9 Å². The number of nitrogens with zero attached hydrogens (tertiary/aromatic N) is 2. The SMILES string of the molecule is COc1ccc2c(ccn2C2CC(N3CC4(COC4)C3)C2)c1. The number of fused-ring (bicyclic) bond motifs is 1. The number of aromatic nitrogens is 1. The highest BCUT2D eigenvalue weighted by Gasteiger charge is 2.52. The van der Waals surface area contributed by atoms with Crippen LogP contribution in [-0.4, -0.2) is 48.9 Å². The van der Waals surface area contributed by atoms with Crippen LogP contribution in [0.3, 0.4) is 0 Å². The molecular formula is C18H22N2O2. The first-order valence-electron chi connectivity index (χ1n) is 8.23. The molecule has 0 amide bonds. The number of rotatable bonds is 3. The van der Waals surface area contributed by atoms with E-state index in [1.54, 1.807) is 7.11 Å². The minimum absolute atomic E-state index is 0.543.